The van der Waals surface area contributed by atoms with Gasteiger partial charge in [-0.1, -0.05) is 42.5 Å². The molecular formula is C22H18ClN5. The Hall–Kier alpha value is -3.44. The zero-order chi connectivity index (χ0) is 18.1. The highest BCUT2D eigenvalue weighted by Gasteiger charge is 2.07. The lowest BCUT2D eigenvalue weighted by Gasteiger charge is -2.09. The van der Waals surface area contributed by atoms with Crippen molar-refractivity contribution in [3.8, 4) is 0 Å². The molecule has 0 aliphatic rings. The van der Waals surface area contributed by atoms with E-state index in [-0.39, 0.29) is 12.4 Å². The van der Waals surface area contributed by atoms with Crippen LogP contribution in [0.5, 0.6) is 0 Å². The van der Waals surface area contributed by atoms with Gasteiger partial charge in [0.05, 0.1) is 23.8 Å². The number of rotatable bonds is 4. The fourth-order valence-electron chi connectivity index (χ4n) is 3.29. The van der Waals surface area contributed by atoms with E-state index in [1.54, 1.807) is 6.33 Å². The summed E-state index contributed by atoms with van der Waals surface area (Å²) in [5.74, 6) is 0.802. The number of halogens is 1. The number of nitrogens with zero attached hydrogens (tertiary/aromatic N) is 4. The number of aromatic nitrogens is 4. The molecule has 0 saturated heterocycles. The maximum absolute atomic E-state index is 4.55. The second-order valence-electron chi connectivity index (χ2n) is 6.43. The van der Waals surface area contributed by atoms with Crippen LogP contribution in [0.2, 0.25) is 0 Å². The zero-order valence-corrected chi connectivity index (χ0v) is 15.8. The van der Waals surface area contributed by atoms with Crippen molar-refractivity contribution in [1.82, 2.24) is 19.7 Å². The van der Waals surface area contributed by atoms with Crippen LogP contribution in [0.15, 0.2) is 85.3 Å². The van der Waals surface area contributed by atoms with Gasteiger partial charge in [0.1, 0.15) is 12.1 Å². The van der Waals surface area contributed by atoms with E-state index in [0.717, 1.165) is 39.9 Å². The number of hydrogen-bond donors (Lipinski definition) is 1. The van der Waals surface area contributed by atoms with Crippen LogP contribution >= 0.6 is 12.4 Å². The molecule has 0 saturated carbocycles. The Morgan fingerprint density at radius 2 is 1.68 bits per heavy atom. The largest absolute Gasteiger partial charge is 0.340 e. The highest BCUT2D eigenvalue weighted by Crippen LogP contribution is 2.25. The van der Waals surface area contributed by atoms with Crippen LogP contribution in [-0.2, 0) is 6.54 Å². The standard InChI is InChI=1S/C22H17N5.ClH/c1-2-6-16(7-3-1)14-27-21-11-10-18(12-17(21)13-25-27)26-22-19-8-4-5-9-20(19)23-15-24-22;/h1-13,15H,14H2,(H,23,24,26);1H. The molecule has 0 unspecified atom stereocenters. The van der Waals surface area contributed by atoms with Crippen molar-refractivity contribution in [3.63, 3.8) is 0 Å². The van der Waals surface area contributed by atoms with Crippen LogP contribution in [0.1, 0.15) is 5.56 Å². The molecule has 138 valence electrons. The molecule has 1 N–H and O–H groups in total. The van der Waals surface area contributed by atoms with Gasteiger partial charge in [-0.05, 0) is 35.9 Å². The summed E-state index contributed by atoms with van der Waals surface area (Å²) in [6, 6.07) is 24.6. The van der Waals surface area contributed by atoms with E-state index in [0.29, 0.717) is 0 Å². The second kappa shape index (κ2) is 7.66. The van der Waals surface area contributed by atoms with Gasteiger partial charge in [-0.2, -0.15) is 5.10 Å². The molecule has 3 aromatic carbocycles. The first-order valence-corrected chi connectivity index (χ1v) is 8.83. The Kier molecular flexibility index (Phi) is 4.91. The van der Waals surface area contributed by atoms with Gasteiger partial charge in [0.25, 0.3) is 0 Å². The fourth-order valence-corrected chi connectivity index (χ4v) is 3.29. The molecule has 5 nitrogen and oxygen atoms in total. The molecule has 28 heavy (non-hydrogen) atoms. The maximum Gasteiger partial charge on any atom is 0.141 e. The molecule has 5 aromatic rings. The lowest BCUT2D eigenvalue weighted by Crippen LogP contribution is -2.01. The first-order valence-electron chi connectivity index (χ1n) is 8.83. The first kappa shape index (κ1) is 17.9. The van der Waals surface area contributed by atoms with Crippen LogP contribution in [0.25, 0.3) is 21.8 Å². The van der Waals surface area contributed by atoms with Gasteiger partial charge < -0.3 is 5.32 Å². The number of hydrogen-bond acceptors (Lipinski definition) is 4. The van der Waals surface area contributed by atoms with E-state index in [1.807, 2.05) is 41.2 Å². The first-order chi connectivity index (χ1) is 13.4. The van der Waals surface area contributed by atoms with E-state index in [9.17, 15) is 0 Å². The zero-order valence-electron chi connectivity index (χ0n) is 15.0. The molecule has 0 aliphatic heterocycles. The van der Waals surface area contributed by atoms with Gasteiger partial charge in [0.2, 0.25) is 0 Å². The molecular weight excluding hydrogens is 370 g/mol. The van der Waals surface area contributed by atoms with E-state index in [1.165, 1.54) is 5.56 Å². The minimum absolute atomic E-state index is 0. The molecule has 0 fully saturated rings. The molecule has 0 radical (unpaired) electrons. The van der Waals surface area contributed by atoms with Crippen LogP contribution in [-0.4, -0.2) is 19.7 Å². The topological polar surface area (TPSA) is 55.6 Å². The molecule has 2 heterocycles. The summed E-state index contributed by atoms with van der Waals surface area (Å²) < 4.78 is 2.02. The summed E-state index contributed by atoms with van der Waals surface area (Å²) in [6.07, 6.45) is 3.49. The molecule has 0 spiro atoms. The van der Waals surface area contributed by atoms with Gasteiger partial charge in [-0.15, -0.1) is 12.4 Å². The molecule has 6 heteroatoms. The number of nitrogens with one attached hydrogen (secondary N) is 1. The highest BCUT2D eigenvalue weighted by molar-refractivity contribution is 5.91. The fraction of sp³-hybridized carbons (Fsp3) is 0.0455. The van der Waals surface area contributed by atoms with Crippen molar-refractivity contribution in [2.75, 3.05) is 5.32 Å². The molecule has 0 bridgehead atoms. The summed E-state index contributed by atoms with van der Waals surface area (Å²) in [5, 5.41) is 10.1. The van der Waals surface area contributed by atoms with Gasteiger partial charge in [0, 0.05) is 16.5 Å². The average Bonchev–Trinajstić information content (AvgIpc) is 3.11. The van der Waals surface area contributed by atoms with E-state index in [2.05, 4.69) is 62.8 Å². The van der Waals surface area contributed by atoms with Crippen LogP contribution in [0.4, 0.5) is 11.5 Å². The average molecular weight is 388 g/mol. The minimum Gasteiger partial charge on any atom is -0.340 e. The summed E-state index contributed by atoms with van der Waals surface area (Å²) in [7, 11) is 0. The summed E-state index contributed by atoms with van der Waals surface area (Å²) >= 11 is 0. The number of fused-ring (bicyclic) bond motifs is 2. The van der Waals surface area contributed by atoms with Crippen molar-refractivity contribution in [2.24, 2.45) is 0 Å². The Morgan fingerprint density at radius 3 is 2.57 bits per heavy atom. The Labute approximate surface area is 168 Å². The lowest BCUT2D eigenvalue weighted by molar-refractivity contribution is 0.712. The predicted octanol–water partition coefficient (Wildman–Crippen LogP) is 5.19. The van der Waals surface area contributed by atoms with Crippen LogP contribution < -0.4 is 5.32 Å². The SMILES string of the molecule is Cl.c1ccc(Cn2ncc3cc(Nc4ncnc5ccccc45)ccc32)cc1. The van der Waals surface area contributed by atoms with E-state index < -0.39 is 0 Å². The predicted molar refractivity (Wildman–Crippen MR) is 115 cm³/mol. The number of para-hydroxylation sites is 1. The van der Waals surface area contributed by atoms with Gasteiger partial charge in [-0.3, -0.25) is 4.68 Å². The molecule has 5 rings (SSSR count). The quantitative estimate of drug-likeness (QED) is 0.461. The summed E-state index contributed by atoms with van der Waals surface area (Å²) in [6.45, 7) is 0.758. The lowest BCUT2D eigenvalue weighted by atomic mass is 10.2. The Bertz CT molecular complexity index is 1230. The van der Waals surface area contributed by atoms with Crippen molar-refractivity contribution in [3.05, 3.63) is 90.9 Å². The van der Waals surface area contributed by atoms with Crippen molar-refractivity contribution >= 4 is 45.7 Å². The van der Waals surface area contributed by atoms with Gasteiger partial charge in [-0.25, -0.2) is 9.97 Å². The molecule has 0 aliphatic carbocycles. The van der Waals surface area contributed by atoms with E-state index >= 15 is 0 Å². The normalized spacial score (nSPS) is 10.7. The molecule has 0 atom stereocenters. The van der Waals surface area contributed by atoms with Crippen molar-refractivity contribution in [1.29, 1.82) is 0 Å². The third-order valence-electron chi connectivity index (χ3n) is 4.62. The highest BCUT2D eigenvalue weighted by atomic mass is 35.5. The van der Waals surface area contributed by atoms with Gasteiger partial charge in [0.15, 0.2) is 0 Å². The summed E-state index contributed by atoms with van der Waals surface area (Å²) in [5.41, 5.74) is 4.24. The van der Waals surface area contributed by atoms with Crippen molar-refractivity contribution in [2.45, 2.75) is 6.54 Å². The van der Waals surface area contributed by atoms with Gasteiger partial charge >= 0.3 is 0 Å². The second-order valence-corrected chi connectivity index (χ2v) is 6.43. The number of benzene rings is 3. The number of anilines is 2. The van der Waals surface area contributed by atoms with E-state index in [4.69, 9.17) is 0 Å². The van der Waals surface area contributed by atoms with Crippen molar-refractivity contribution < 1.29 is 0 Å². The smallest absolute Gasteiger partial charge is 0.141 e. The minimum atomic E-state index is 0. The maximum atomic E-state index is 4.55. The molecule has 0 amide bonds. The summed E-state index contributed by atoms with van der Waals surface area (Å²) in [4.78, 5) is 8.71. The third kappa shape index (κ3) is 3.40. The van der Waals surface area contributed by atoms with Crippen LogP contribution in [0, 0.1) is 0 Å². The Morgan fingerprint density at radius 1 is 0.857 bits per heavy atom. The Balaban J connectivity index is 0.00000192. The van der Waals surface area contributed by atoms with Crippen LogP contribution in [0.3, 0.4) is 0 Å². The monoisotopic (exact) mass is 387 g/mol. The molecule has 2 aromatic heterocycles. The third-order valence-corrected chi connectivity index (χ3v) is 4.62.